The van der Waals surface area contributed by atoms with E-state index in [-0.39, 0.29) is 17.9 Å². The van der Waals surface area contributed by atoms with Crippen LogP contribution < -0.4 is 14.8 Å². The van der Waals surface area contributed by atoms with Crippen molar-refractivity contribution in [3.05, 3.63) is 106 Å². The van der Waals surface area contributed by atoms with E-state index in [1.165, 1.54) is 23.4 Å². The summed E-state index contributed by atoms with van der Waals surface area (Å²) < 4.78 is 34.4. The van der Waals surface area contributed by atoms with Gasteiger partial charge in [0.05, 0.1) is 12.2 Å². The van der Waals surface area contributed by atoms with Gasteiger partial charge in [0, 0.05) is 11.4 Å². The maximum absolute atomic E-state index is 14.3. The summed E-state index contributed by atoms with van der Waals surface area (Å²) in [7, 11) is 0. The molecule has 1 N–H and O–H groups in total. The van der Waals surface area contributed by atoms with E-state index in [2.05, 4.69) is 24.4 Å². The molecule has 0 spiro atoms. The fraction of sp³-hybridized carbons (Fsp3) is 0.361. The molecule has 4 aromatic rings. The average Bonchev–Trinajstić information content (AvgIpc) is 3.46. The van der Waals surface area contributed by atoms with Gasteiger partial charge in [0.2, 0.25) is 11.1 Å². The maximum atomic E-state index is 14.3. The summed E-state index contributed by atoms with van der Waals surface area (Å²) in [5, 5.41) is 8.56. The molecule has 1 unspecified atom stereocenters. The number of fused-ring (bicyclic) bond motifs is 1. The molecule has 6 rings (SSSR count). The first-order valence-electron chi connectivity index (χ1n) is 15.9. The molecule has 0 saturated heterocycles. The molecular formula is C36H39FN4O4S. The second-order valence-corrected chi connectivity index (χ2v) is 12.6. The Kier molecular flexibility index (Phi) is 9.92. The minimum Gasteiger partial charge on any atom is -0.490 e. The molecule has 3 aromatic carbocycles. The maximum Gasteiger partial charge on any atom is 0.338 e. The quantitative estimate of drug-likeness (QED) is 0.130. The third-order valence-corrected chi connectivity index (χ3v) is 9.18. The van der Waals surface area contributed by atoms with Crippen molar-refractivity contribution in [1.82, 2.24) is 14.8 Å². The molecule has 1 atom stereocenters. The summed E-state index contributed by atoms with van der Waals surface area (Å²) >= 11 is 1.33. The summed E-state index contributed by atoms with van der Waals surface area (Å²) in [4.78, 5) is 18.6. The second-order valence-electron chi connectivity index (χ2n) is 11.7. The zero-order chi connectivity index (χ0) is 32.0. The molecule has 1 aliphatic heterocycles. The van der Waals surface area contributed by atoms with Crippen LogP contribution in [0.5, 0.6) is 11.5 Å². The van der Waals surface area contributed by atoms with E-state index >= 15 is 0 Å². The minimum absolute atomic E-state index is 0.109. The van der Waals surface area contributed by atoms with Crippen molar-refractivity contribution in [2.45, 2.75) is 82.5 Å². The Hall–Kier alpha value is -4.31. The number of aromatic nitrogens is 3. The number of allylic oxidation sites excluding steroid dienone is 1. The first kappa shape index (κ1) is 31.7. The third-order valence-electron chi connectivity index (χ3n) is 8.29. The molecule has 46 heavy (non-hydrogen) atoms. The number of hydrogen-bond donors (Lipinski definition) is 1. The molecule has 1 aromatic heterocycles. The predicted molar refractivity (Wildman–Crippen MR) is 177 cm³/mol. The van der Waals surface area contributed by atoms with Gasteiger partial charge < -0.3 is 19.5 Å². The van der Waals surface area contributed by atoms with Crippen molar-refractivity contribution in [3.63, 3.8) is 0 Å². The van der Waals surface area contributed by atoms with Crippen LogP contribution in [0.1, 0.15) is 74.2 Å². The molecule has 1 saturated carbocycles. The zero-order valence-corrected chi connectivity index (χ0v) is 27.2. The Balaban J connectivity index is 1.33. The van der Waals surface area contributed by atoms with Gasteiger partial charge in [-0.25, -0.2) is 13.9 Å². The fourth-order valence-corrected chi connectivity index (χ4v) is 6.66. The number of anilines is 1. The first-order chi connectivity index (χ1) is 22.4. The lowest BCUT2D eigenvalue weighted by Crippen LogP contribution is -2.32. The van der Waals surface area contributed by atoms with E-state index in [1.54, 1.807) is 16.8 Å². The molecule has 0 amide bonds. The highest BCUT2D eigenvalue weighted by Gasteiger charge is 2.37. The molecule has 240 valence electrons. The van der Waals surface area contributed by atoms with Gasteiger partial charge in [-0.05, 0) is 81.3 Å². The number of carbonyl (C=O) groups is 1. The van der Waals surface area contributed by atoms with Crippen LogP contribution in [-0.2, 0) is 21.9 Å². The van der Waals surface area contributed by atoms with Crippen LogP contribution in [0, 0.1) is 12.7 Å². The molecule has 2 heterocycles. The summed E-state index contributed by atoms with van der Waals surface area (Å²) in [6.45, 7) is 6.66. The average molecular weight is 643 g/mol. The zero-order valence-electron chi connectivity index (χ0n) is 26.4. The number of halogens is 1. The SMILES string of the molecule is CCOc1cc(C2C(C(=O)OC3CCCCC3)=C(C)Nc3nc(SCc4ccccc4F)nn32)ccc1OCc1ccc(C)cc1. The van der Waals surface area contributed by atoms with Crippen LogP contribution in [0.3, 0.4) is 0 Å². The number of aryl methyl sites for hydroxylation is 1. The van der Waals surface area contributed by atoms with Gasteiger partial charge >= 0.3 is 5.97 Å². The lowest BCUT2D eigenvalue weighted by atomic mass is 9.94. The molecular weight excluding hydrogens is 603 g/mol. The van der Waals surface area contributed by atoms with E-state index in [9.17, 15) is 9.18 Å². The van der Waals surface area contributed by atoms with Crippen LogP contribution in [0.4, 0.5) is 10.3 Å². The van der Waals surface area contributed by atoms with E-state index in [1.807, 2.05) is 50.2 Å². The van der Waals surface area contributed by atoms with Gasteiger partial charge in [0.15, 0.2) is 11.5 Å². The number of esters is 1. The van der Waals surface area contributed by atoms with Crippen molar-refractivity contribution < 1.29 is 23.4 Å². The third kappa shape index (κ3) is 7.22. The molecule has 8 nitrogen and oxygen atoms in total. The van der Waals surface area contributed by atoms with Crippen molar-refractivity contribution in [1.29, 1.82) is 0 Å². The summed E-state index contributed by atoms with van der Waals surface area (Å²) in [6, 6.07) is 20.0. The Morgan fingerprint density at radius 2 is 1.78 bits per heavy atom. The molecule has 10 heteroatoms. The van der Waals surface area contributed by atoms with Crippen molar-refractivity contribution >= 4 is 23.7 Å². The Morgan fingerprint density at radius 3 is 2.54 bits per heavy atom. The van der Waals surface area contributed by atoms with Gasteiger partial charge in [0.1, 0.15) is 24.6 Å². The molecule has 0 bridgehead atoms. The molecule has 1 aliphatic carbocycles. The van der Waals surface area contributed by atoms with E-state index in [0.717, 1.165) is 43.2 Å². The highest BCUT2D eigenvalue weighted by atomic mass is 32.2. The van der Waals surface area contributed by atoms with Crippen LogP contribution in [0.2, 0.25) is 0 Å². The monoisotopic (exact) mass is 642 g/mol. The summed E-state index contributed by atoms with van der Waals surface area (Å²) in [6.07, 6.45) is 4.88. The highest BCUT2D eigenvalue weighted by Crippen LogP contribution is 2.41. The van der Waals surface area contributed by atoms with Gasteiger partial charge in [-0.3, -0.25) is 0 Å². The largest absolute Gasteiger partial charge is 0.490 e. The molecule has 1 fully saturated rings. The number of nitrogens with one attached hydrogen (secondary N) is 1. The second kappa shape index (κ2) is 14.4. The van der Waals surface area contributed by atoms with Crippen molar-refractivity contribution in [2.75, 3.05) is 11.9 Å². The number of ether oxygens (including phenoxy) is 3. The summed E-state index contributed by atoms with van der Waals surface area (Å²) in [5.41, 5.74) is 4.69. The van der Waals surface area contributed by atoms with E-state index < -0.39 is 6.04 Å². The predicted octanol–water partition coefficient (Wildman–Crippen LogP) is 8.16. The Bertz CT molecular complexity index is 1720. The normalized spacial score (nSPS) is 16.5. The van der Waals surface area contributed by atoms with Crippen molar-refractivity contribution in [2.24, 2.45) is 0 Å². The molecule has 2 aliphatic rings. The summed E-state index contributed by atoms with van der Waals surface area (Å²) in [5.74, 6) is 1.39. The smallest absolute Gasteiger partial charge is 0.338 e. The lowest BCUT2D eigenvalue weighted by Gasteiger charge is -2.30. The van der Waals surface area contributed by atoms with Crippen LogP contribution in [0.25, 0.3) is 0 Å². The van der Waals surface area contributed by atoms with Gasteiger partial charge in [-0.1, -0.05) is 72.3 Å². The highest BCUT2D eigenvalue weighted by molar-refractivity contribution is 7.98. The van der Waals surface area contributed by atoms with Crippen LogP contribution in [0.15, 0.2) is 83.2 Å². The van der Waals surface area contributed by atoms with Gasteiger partial charge in [0.25, 0.3) is 0 Å². The van der Waals surface area contributed by atoms with E-state index in [0.29, 0.717) is 58.4 Å². The molecule has 0 radical (unpaired) electrons. The minimum atomic E-state index is -0.631. The number of rotatable bonds is 11. The number of hydrogen-bond acceptors (Lipinski definition) is 8. The number of benzene rings is 3. The van der Waals surface area contributed by atoms with E-state index in [4.69, 9.17) is 24.3 Å². The fourth-order valence-electron chi connectivity index (χ4n) is 5.85. The Labute approximate surface area is 273 Å². The van der Waals surface area contributed by atoms with Crippen molar-refractivity contribution in [3.8, 4) is 11.5 Å². The lowest BCUT2D eigenvalue weighted by molar-refractivity contribution is -0.146. The van der Waals surface area contributed by atoms with Gasteiger partial charge in [-0.2, -0.15) is 4.98 Å². The van der Waals surface area contributed by atoms with Crippen LogP contribution >= 0.6 is 11.8 Å². The number of carbonyl (C=O) groups excluding carboxylic acids is 1. The number of thioether (sulfide) groups is 1. The standard InChI is InChI=1S/C36H39FN4O4S/c1-4-43-31-20-26(18-19-30(31)44-21-25-16-14-23(2)15-17-25)33-32(34(42)45-28-11-6-5-7-12-28)24(3)38-35-39-36(40-41(33)35)46-22-27-10-8-9-13-29(27)37/h8-10,13-20,28,33H,4-7,11-12,21-22H2,1-3H3,(H,38,39,40). The Morgan fingerprint density at radius 1 is 1.00 bits per heavy atom. The first-order valence-corrected chi connectivity index (χ1v) is 16.8. The van der Waals surface area contributed by atoms with Crippen LogP contribution in [-0.4, -0.2) is 33.4 Å². The topological polar surface area (TPSA) is 87.5 Å². The number of nitrogens with zero attached hydrogens (tertiary/aromatic N) is 3. The van der Waals surface area contributed by atoms with Gasteiger partial charge in [-0.15, -0.1) is 5.10 Å².